The van der Waals surface area contributed by atoms with E-state index in [0.29, 0.717) is 5.41 Å². The van der Waals surface area contributed by atoms with Crippen molar-refractivity contribution in [2.24, 2.45) is 5.41 Å². The molecule has 0 aliphatic heterocycles. The first kappa shape index (κ1) is 12.7. The van der Waals surface area contributed by atoms with Gasteiger partial charge in [0.25, 0.3) is 0 Å². The highest BCUT2D eigenvalue weighted by molar-refractivity contribution is 4.58. The van der Waals surface area contributed by atoms with Gasteiger partial charge in [-0.15, -0.1) is 0 Å². The number of rotatable bonds is 1. The molecule has 0 aromatic carbocycles. The summed E-state index contributed by atoms with van der Waals surface area (Å²) < 4.78 is 0. The molecule has 0 atom stereocenters. The summed E-state index contributed by atoms with van der Waals surface area (Å²) in [4.78, 5) is 0. The van der Waals surface area contributed by atoms with Gasteiger partial charge >= 0.3 is 0 Å². The van der Waals surface area contributed by atoms with Crippen LogP contribution in [0.5, 0.6) is 0 Å². The third-order valence-corrected chi connectivity index (χ3v) is 1.000. The summed E-state index contributed by atoms with van der Waals surface area (Å²) in [5.74, 6) is 0. The smallest absolute Gasteiger partial charge is 0.0383 e. The molecule has 0 bridgehead atoms. The second-order valence-corrected chi connectivity index (χ2v) is 4.02. The normalized spacial score (nSPS) is 10.2. The molecule has 10 heavy (non-hydrogen) atoms. The van der Waals surface area contributed by atoms with Crippen molar-refractivity contribution >= 4 is 0 Å². The second kappa shape index (κ2) is 7.11. The van der Waals surface area contributed by atoms with Crippen LogP contribution in [0.25, 0.3) is 0 Å². The van der Waals surface area contributed by atoms with Crippen LogP contribution in [0.1, 0.15) is 60.8 Å². The first-order chi connectivity index (χ1) is 4.47. The van der Waals surface area contributed by atoms with Gasteiger partial charge in [-0.3, -0.25) is 0 Å². The first-order valence-corrected chi connectivity index (χ1v) is 4.47. The van der Waals surface area contributed by atoms with Gasteiger partial charge in [0.2, 0.25) is 0 Å². The zero-order chi connectivity index (χ0) is 8.62. The second-order valence-electron chi connectivity index (χ2n) is 4.02. The lowest BCUT2D eigenvalue weighted by Crippen LogP contribution is -2.02. The zero-order valence-corrected chi connectivity index (χ0v) is 8.62. The van der Waals surface area contributed by atoms with Gasteiger partial charge < -0.3 is 0 Å². The average molecular weight is 144 g/mol. The van der Waals surface area contributed by atoms with Gasteiger partial charge in [-0.05, 0) is 11.8 Å². The fourth-order valence-electron chi connectivity index (χ4n) is 0.750. The van der Waals surface area contributed by atoms with E-state index in [1.165, 1.54) is 19.3 Å². The van der Waals surface area contributed by atoms with Crippen LogP contribution in [0, 0.1) is 5.41 Å². The molecule has 0 radical (unpaired) electrons. The minimum absolute atomic E-state index is 0.550. The average Bonchev–Trinajstić information content (AvgIpc) is 1.63. The molecule has 0 spiro atoms. The summed E-state index contributed by atoms with van der Waals surface area (Å²) in [6.07, 6.45) is 3.90. The van der Waals surface area contributed by atoms with E-state index in [-0.39, 0.29) is 0 Å². The van der Waals surface area contributed by atoms with Crippen LogP contribution in [-0.2, 0) is 0 Å². The Balaban J connectivity index is 0. The quantitative estimate of drug-likeness (QED) is 0.516. The third-order valence-electron chi connectivity index (χ3n) is 1.000. The molecule has 0 heteroatoms. The molecule has 0 nitrogen and oxygen atoms in total. The summed E-state index contributed by atoms with van der Waals surface area (Å²) in [5, 5.41) is 0. The maximum Gasteiger partial charge on any atom is -0.0383 e. The molecule has 0 aliphatic rings. The molecule has 0 unspecified atom stereocenters. The van der Waals surface area contributed by atoms with Crippen LogP contribution >= 0.6 is 0 Å². The number of hydrogen-bond donors (Lipinski definition) is 0. The fraction of sp³-hybridized carbons (Fsp3) is 1.00. The predicted molar refractivity (Wildman–Crippen MR) is 50.3 cm³/mol. The van der Waals surface area contributed by atoms with Gasteiger partial charge in [0, 0.05) is 0 Å². The van der Waals surface area contributed by atoms with Crippen molar-refractivity contribution in [1.29, 1.82) is 0 Å². The minimum Gasteiger partial charge on any atom is -0.0656 e. The highest BCUT2D eigenvalue weighted by Crippen LogP contribution is 2.19. The third kappa shape index (κ3) is 24.5. The van der Waals surface area contributed by atoms with E-state index in [9.17, 15) is 0 Å². The lowest BCUT2D eigenvalue weighted by molar-refractivity contribution is 0.373. The maximum absolute atomic E-state index is 2.27. The highest BCUT2D eigenvalue weighted by Gasteiger charge is 2.06. The first-order valence-electron chi connectivity index (χ1n) is 4.47. The topological polar surface area (TPSA) is 0 Å². The SMILES string of the molecule is CCC.CCCC(C)(C)C. The van der Waals surface area contributed by atoms with Crippen LogP contribution in [0.2, 0.25) is 0 Å². The molecule has 0 saturated heterocycles. The van der Waals surface area contributed by atoms with Crippen molar-refractivity contribution in [2.75, 3.05) is 0 Å². The Morgan fingerprint density at radius 2 is 1.20 bits per heavy atom. The molecule has 0 aliphatic carbocycles. The van der Waals surface area contributed by atoms with Gasteiger partial charge in [0.1, 0.15) is 0 Å². The molecule has 0 aromatic rings. The Morgan fingerprint density at radius 1 is 0.900 bits per heavy atom. The van der Waals surface area contributed by atoms with Crippen molar-refractivity contribution in [2.45, 2.75) is 60.8 Å². The largest absolute Gasteiger partial charge is 0.0656 e. The summed E-state index contributed by atoms with van der Waals surface area (Å²) in [6.45, 7) is 13.3. The molecule has 0 saturated carbocycles. The summed E-state index contributed by atoms with van der Waals surface area (Å²) in [6, 6.07) is 0. The highest BCUT2D eigenvalue weighted by atomic mass is 14.1. The summed E-state index contributed by atoms with van der Waals surface area (Å²) in [7, 11) is 0. The van der Waals surface area contributed by atoms with E-state index in [4.69, 9.17) is 0 Å². The van der Waals surface area contributed by atoms with Crippen LogP contribution in [0.3, 0.4) is 0 Å². The van der Waals surface area contributed by atoms with Gasteiger partial charge in [0.05, 0.1) is 0 Å². The standard InChI is InChI=1S/C7H16.C3H8/c1-5-6-7(2,3)4;1-3-2/h5-6H2,1-4H3;3H2,1-2H3. The summed E-state index contributed by atoms with van der Waals surface area (Å²) in [5.41, 5.74) is 0.550. The van der Waals surface area contributed by atoms with Crippen LogP contribution in [0.4, 0.5) is 0 Å². The predicted octanol–water partition coefficient (Wildman–Crippen LogP) is 4.25. The van der Waals surface area contributed by atoms with E-state index in [0.717, 1.165) is 0 Å². The molecular weight excluding hydrogens is 120 g/mol. The van der Waals surface area contributed by atoms with E-state index in [2.05, 4.69) is 41.5 Å². The zero-order valence-electron chi connectivity index (χ0n) is 8.62. The molecule has 0 rings (SSSR count). The van der Waals surface area contributed by atoms with E-state index in [1.807, 2.05) is 0 Å². The van der Waals surface area contributed by atoms with Gasteiger partial charge in [-0.25, -0.2) is 0 Å². The Labute approximate surface area is 67.0 Å². The number of hydrogen-bond acceptors (Lipinski definition) is 0. The van der Waals surface area contributed by atoms with E-state index < -0.39 is 0 Å². The Hall–Kier alpha value is 0. The van der Waals surface area contributed by atoms with Crippen LogP contribution in [0.15, 0.2) is 0 Å². The molecule has 0 heterocycles. The molecular formula is C10H24. The van der Waals surface area contributed by atoms with Crippen molar-refractivity contribution < 1.29 is 0 Å². The molecule has 0 N–H and O–H groups in total. The monoisotopic (exact) mass is 144 g/mol. The van der Waals surface area contributed by atoms with E-state index >= 15 is 0 Å². The lowest BCUT2D eigenvalue weighted by Gasteiger charge is -2.15. The summed E-state index contributed by atoms with van der Waals surface area (Å²) >= 11 is 0. The van der Waals surface area contributed by atoms with Crippen molar-refractivity contribution in [3.63, 3.8) is 0 Å². The van der Waals surface area contributed by atoms with Crippen molar-refractivity contribution in [3.8, 4) is 0 Å². The van der Waals surface area contributed by atoms with Crippen molar-refractivity contribution in [1.82, 2.24) is 0 Å². The van der Waals surface area contributed by atoms with Crippen molar-refractivity contribution in [3.05, 3.63) is 0 Å². The molecule has 64 valence electrons. The fourth-order valence-corrected chi connectivity index (χ4v) is 0.750. The Kier molecular flexibility index (Phi) is 9.00. The minimum atomic E-state index is 0.550. The van der Waals surface area contributed by atoms with Crippen LogP contribution in [-0.4, -0.2) is 0 Å². The van der Waals surface area contributed by atoms with E-state index in [1.54, 1.807) is 0 Å². The lowest BCUT2D eigenvalue weighted by atomic mass is 9.91. The van der Waals surface area contributed by atoms with Gasteiger partial charge in [0.15, 0.2) is 0 Å². The Morgan fingerprint density at radius 3 is 1.20 bits per heavy atom. The molecule has 0 fully saturated rings. The molecule has 0 aromatic heterocycles. The van der Waals surface area contributed by atoms with Gasteiger partial charge in [-0.1, -0.05) is 54.4 Å². The Bertz CT molecular complexity index is 47.5. The maximum atomic E-state index is 2.27. The van der Waals surface area contributed by atoms with Gasteiger partial charge in [-0.2, -0.15) is 0 Å². The van der Waals surface area contributed by atoms with Crippen LogP contribution < -0.4 is 0 Å². The molecule has 0 amide bonds.